The maximum atomic E-state index is 12.6. The van der Waals surface area contributed by atoms with Crippen LogP contribution in [-0.2, 0) is 0 Å². The molecular formula is C8H9BF8NS-. The van der Waals surface area contributed by atoms with Crippen LogP contribution in [0.3, 0.4) is 0 Å². The lowest BCUT2D eigenvalue weighted by molar-refractivity contribution is 0.364. The molecule has 1 nitrogen and oxygen atoms in total. The highest BCUT2D eigenvalue weighted by Gasteiger charge is 2.65. The van der Waals surface area contributed by atoms with Gasteiger partial charge in [-0.2, -0.15) is 0 Å². The summed E-state index contributed by atoms with van der Waals surface area (Å²) in [5.74, 6) is 0. The lowest BCUT2D eigenvalue weighted by Gasteiger charge is -2.41. The summed E-state index contributed by atoms with van der Waals surface area (Å²) in [5, 5.41) is 0. The Hall–Kier alpha value is -1.13. The molecule has 112 valence electrons. The Morgan fingerprint density at radius 1 is 0.895 bits per heavy atom. The molecule has 0 amide bonds. The molecule has 0 N–H and O–H groups in total. The number of rotatable bonds is 3. The standard InChI is InChI=1S/C8H9BF8NS/c1-18(2)7-3-6(9(10,11)12)4-8(5-7)19(13,14,15,16)17/h3-5H,1-2H3/q-1. The van der Waals surface area contributed by atoms with Crippen LogP contribution in [0, 0.1) is 0 Å². The van der Waals surface area contributed by atoms with Crippen molar-refractivity contribution in [3.05, 3.63) is 18.2 Å². The molecule has 0 unspecified atom stereocenters. The van der Waals surface area contributed by atoms with Crippen LogP contribution in [0.1, 0.15) is 0 Å². The minimum Gasteiger partial charge on any atom is -0.445 e. The monoisotopic (exact) mass is 314 g/mol. The van der Waals surface area contributed by atoms with E-state index in [2.05, 4.69) is 0 Å². The fourth-order valence-corrected chi connectivity index (χ4v) is 1.98. The molecule has 0 spiro atoms. The van der Waals surface area contributed by atoms with Gasteiger partial charge in [0, 0.05) is 19.8 Å². The van der Waals surface area contributed by atoms with Crippen LogP contribution in [0.15, 0.2) is 23.1 Å². The number of anilines is 1. The van der Waals surface area contributed by atoms with E-state index in [1.165, 1.54) is 0 Å². The summed E-state index contributed by atoms with van der Waals surface area (Å²) in [5.41, 5.74) is -2.31. The van der Waals surface area contributed by atoms with Gasteiger partial charge in [0.05, 0.1) is 0 Å². The molecule has 11 heteroatoms. The van der Waals surface area contributed by atoms with Crippen molar-refractivity contribution < 1.29 is 32.4 Å². The van der Waals surface area contributed by atoms with Crippen LogP contribution in [0.2, 0.25) is 0 Å². The van der Waals surface area contributed by atoms with Gasteiger partial charge >= 0.3 is 17.2 Å². The Morgan fingerprint density at radius 3 is 1.68 bits per heavy atom. The van der Waals surface area contributed by atoms with Crippen molar-refractivity contribution in [2.75, 3.05) is 19.0 Å². The van der Waals surface area contributed by atoms with Gasteiger partial charge in [-0.15, -0.1) is 5.46 Å². The Labute approximate surface area is 104 Å². The molecule has 1 aromatic carbocycles. The Balaban J connectivity index is 3.66. The van der Waals surface area contributed by atoms with E-state index in [-0.39, 0.29) is 6.07 Å². The van der Waals surface area contributed by atoms with Crippen molar-refractivity contribution in [1.29, 1.82) is 0 Å². The zero-order chi connectivity index (χ0) is 15.3. The van der Waals surface area contributed by atoms with Crippen molar-refractivity contribution in [1.82, 2.24) is 0 Å². The van der Waals surface area contributed by atoms with Crippen molar-refractivity contribution >= 4 is 28.4 Å². The summed E-state index contributed by atoms with van der Waals surface area (Å²) < 4.78 is 100. The largest absolute Gasteiger partial charge is 0.509 e. The first kappa shape index (κ1) is 15.9. The molecule has 1 rings (SSSR count). The second-order valence-electron chi connectivity index (χ2n) is 4.20. The average molecular weight is 314 g/mol. The van der Waals surface area contributed by atoms with Crippen molar-refractivity contribution in [3.8, 4) is 0 Å². The maximum absolute atomic E-state index is 12.6. The highest BCUT2D eigenvalue weighted by Crippen LogP contribution is 3.02. The minimum absolute atomic E-state index is 0.00682. The minimum atomic E-state index is -10.1. The van der Waals surface area contributed by atoms with Gasteiger partial charge in [-0.1, -0.05) is 31.6 Å². The van der Waals surface area contributed by atoms with Crippen LogP contribution in [0.5, 0.6) is 0 Å². The average Bonchev–Trinajstić information content (AvgIpc) is 2.12. The van der Waals surface area contributed by atoms with Crippen LogP contribution in [0.25, 0.3) is 0 Å². The smallest absolute Gasteiger partial charge is 0.445 e. The fraction of sp³-hybridized carbons (Fsp3) is 0.250. The molecule has 0 aliphatic heterocycles. The quantitative estimate of drug-likeness (QED) is 0.588. The highest BCUT2D eigenvalue weighted by atomic mass is 32.5. The molecule has 0 atom stereocenters. The second-order valence-corrected chi connectivity index (χ2v) is 6.61. The number of nitrogens with zero attached hydrogens (tertiary/aromatic N) is 1. The van der Waals surface area contributed by atoms with E-state index in [1.807, 2.05) is 0 Å². The third kappa shape index (κ3) is 3.92. The van der Waals surface area contributed by atoms with Gasteiger partial charge in [0.25, 0.3) is 0 Å². The molecule has 0 aromatic heterocycles. The van der Waals surface area contributed by atoms with E-state index in [4.69, 9.17) is 0 Å². The first-order valence-corrected chi connectivity index (χ1v) is 6.72. The van der Waals surface area contributed by atoms with Gasteiger partial charge in [0.2, 0.25) is 0 Å². The van der Waals surface area contributed by atoms with E-state index < -0.39 is 39.3 Å². The van der Waals surface area contributed by atoms with E-state index in [0.29, 0.717) is 6.07 Å². The molecule has 0 heterocycles. The van der Waals surface area contributed by atoms with Gasteiger partial charge in [-0.05, 0) is 6.07 Å². The normalized spacial score (nSPS) is 16.7. The maximum Gasteiger partial charge on any atom is 0.509 e. The molecular weight excluding hydrogens is 305 g/mol. The Bertz CT molecular complexity index is 505. The zero-order valence-corrected chi connectivity index (χ0v) is 10.5. The molecule has 19 heavy (non-hydrogen) atoms. The number of hydrogen-bond donors (Lipinski definition) is 0. The summed E-state index contributed by atoms with van der Waals surface area (Å²) >= 11 is 0. The summed E-state index contributed by atoms with van der Waals surface area (Å²) in [6.07, 6.45) is 0. The van der Waals surface area contributed by atoms with Gasteiger partial charge in [-0.25, -0.2) is 0 Å². The van der Waals surface area contributed by atoms with Crippen LogP contribution in [-0.4, -0.2) is 21.1 Å². The summed E-state index contributed by atoms with van der Waals surface area (Å²) in [7, 11) is -7.85. The fourth-order valence-electron chi connectivity index (χ4n) is 1.28. The lowest BCUT2D eigenvalue weighted by Crippen LogP contribution is -2.35. The number of benzene rings is 1. The number of hydrogen-bond acceptors (Lipinski definition) is 1. The highest BCUT2D eigenvalue weighted by molar-refractivity contribution is 8.45. The molecule has 0 saturated heterocycles. The first-order chi connectivity index (χ1) is 8.00. The predicted molar refractivity (Wildman–Crippen MR) is 60.9 cm³/mol. The summed E-state index contributed by atoms with van der Waals surface area (Å²) in [6.45, 7) is -5.81. The number of halogens is 8. The van der Waals surface area contributed by atoms with Crippen molar-refractivity contribution in [2.45, 2.75) is 4.90 Å². The van der Waals surface area contributed by atoms with E-state index in [0.717, 1.165) is 19.0 Å². The van der Waals surface area contributed by atoms with Gasteiger partial charge in [-0.3, -0.25) is 0 Å². The van der Waals surface area contributed by atoms with E-state index >= 15 is 0 Å². The summed E-state index contributed by atoms with van der Waals surface area (Å²) in [6, 6.07) is -0.144. The van der Waals surface area contributed by atoms with Gasteiger partial charge < -0.3 is 17.8 Å². The predicted octanol–water partition coefficient (Wildman–Crippen LogP) is 4.46. The SMILES string of the molecule is CN(C)c1cc([B-](F)(F)F)cc(S(F)(F)(F)(F)F)c1. The molecule has 0 radical (unpaired) electrons. The Morgan fingerprint density at radius 2 is 1.37 bits per heavy atom. The summed E-state index contributed by atoms with van der Waals surface area (Å²) in [4.78, 5) is -1.65. The molecule has 0 saturated carbocycles. The van der Waals surface area contributed by atoms with Gasteiger partial charge in [0.1, 0.15) is 4.90 Å². The molecule has 1 aromatic rings. The zero-order valence-electron chi connectivity index (χ0n) is 9.69. The molecule has 0 aliphatic rings. The first-order valence-electron chi connectivity index (χ1n) is 4.77. The van der Waals surface area contributed by atoms with Crippen LogP contribution >= 0.6 is 10.2 Å². The lowest BCUT2D eigenvalue weighted by atomic mass is 9.80. The third-order valence-corrected chi connectivity index (χ3v) is 3.38. The third-order valence-electron chi connectivity index (χ3n) is 2.25. The molecule has 0 aliphatic carbocycles. The molecule has 0 bridgehead atoms. The van der Waals surface area contributed by atoms with E-state index in [1.54, 1.807) is 0 Å². The van der Waals surface area contributed by atoms with Crippen LogP contribution < -0.4 is 10.4 Å². The van der Waals surface area contributed by atoms with Crippen molar-refractivity contribution in [2.24, 2.45) is 0 Å². The molecule has 0 fully saturated rings. The Kier molecular flexibility index (Phi) is 2.93. The van der Waals surface area contributed by atoms with Crippen LogP contribution in [0.4, 0.5) is 38.1 Å². The van der Waals surface area contributed by atoms with E-state index in [9.17, 15) is 32.4 Å². The topological polar surface area (TPSA) is 3.24 Å². The second kappa shape index (κ2) is 3.50. The van der Waals surface area contributed by atoms with Crippen molar-refractivity contribution in [3.63, 3.8) is 0 Å². The van der Waals surface area contributed by atoms with Gasteiger partial charge in [0.15, 0.2) is 0 Å².